The molecular weight excluding hydrogens is 223 g/mol. The van der Waals surface area contributed by atoms with Crippen molar-refractivity contribution in [3.63, 3.8) is 0 Å². The van der Waals surface area contributed by atoms with Gasteiger partial charge in [0.05, 0.1) is 0 Å². The number of esters is 1. The molecule has 0 saturated heterocycles. The molecule has 1 rings (SSSR count). The third kappa shape index (κ3) is 3.12. The van der Waals surface area contributed by atoms with Crippen molar-refractivity contribution in [1.82, 2.24) is 0 Å². The highest BCUT2D eigenvalue weighted by Crippen LogP contribution is 2.19. The van der Waals surface area contributed by atoms with Gasteiger partial charge in [0.15, 0.2) is 5.60 Å². The van der Waals surface area contributed by atoms with E-state index in [4.69, 9.17) is 4.74 Å². The zero-order valence-corrected chi connectivity index (χ0v) is 10.3. The largest absolute Gasteiger partial charge is 0.451 e. The average molecular weight is 238 g/mol. The number of ether oxygens (including phenoxy) is 1. The maximum atomic E-state index is 13.1. The fraction of sp³-hybridized carbons (Fsp3) is 0.385. The number of ketones is 1. The highest BCUT2D eigenvalue weighted by Gasteiger charge is 2.31. The second-order valence-electron chi connectivity index (χ2n) is 4.40. The van der Waals surface area contributed by atoms with Crippen LogP contribution >= 0.6 is 0 Å². The van der Waals surface area contributed by atoms with Gasteiger partial charge in [0, 0.05) is 12.5 Å². The van der Waals surface area contributed by atoms with Gasteiger partial charge in [-0.2, -0.15) is 0 Å². The molecule has 0 aliphatic heterocycles. The molecule has 0 aliphatic rings. The van der Waals surface area contributed by atoms with E-state index in [1.807, 2.05) is 0 Å². The summed E-state index contributed by atoms with van der Waals surface area (Å²) in [7, 11) is 0. The number of carbonyl (C=O) groups excluding carboxylic acids is 2. The molecule has 92 valence electrons. The molecule has 0 atom stereocenters. The fourth-order valence-electron chi connectivity index (χ4n) is 1.54. The standard InChI is InChI=1S/C13H15FO3/c1-8-7-10(5-6-11(8)14)12(16)13(3,4)17-9(2)15/h5-7H,1-4H3. The van der Waals surface area contributed by atoms with Crippen LogP contribution in [0.3, 0.4) is 0 Å². The first-order valence-electron chi connectivity index (χ1n) is 5.24. The summed E-state index contributed by atoms with van der Waals surface area (Å²) < 4.78 is 18.0. The first-order chi connectivity index (χ1) is 7.74. The van der Waals surface area contributed by atoms with Crippen molar-refractivity contribution in [3.05, 3.63) is 35.1 Å². The minimum atomic E-state index is -1.24. The van der Waals surface area contributed by atoms with E-state index < -0.39 is 11.6 Å². The second-order valence-corrected chi connectivity index (χ2v) is 4.40. The van der Waals surface area contributed by atoms with Gasteiger partial charge in [-0.1, -0.05) is 0 Å². The Balaban J connectivity index is 3.03. The predicted molar refractivity (Wildman–Crippen MR) is 61.3 cm³/mol. The molecule has 0 amide bonds. The minimum absolute atomic E-state index is 0.329. The molecule has 0 N–H and O–H groups in total. The maximum Gasteiger partial charge on any atom is 0.303 e. The molecule has 0 fully saturated rings. The number of Topliss-reactive ketones (excluding diaryl/α,β-unsaturated/α-hetero) is 1. The number of carbonyl (C=O) groups is 2. The first-order valence-corrected chi connectivity index (χ1v) is 5.24. The van der Waals surface area contributed by atoms with Crippen molar-refractivity contribution < 1.29 is 18.7 Å². The molecule has 0 saturated carbocycles. The zero-order valence-electron chi connectivity index (χ0n) is 10.3. The number of benzene rings is 1. The average Bonchev–Trinajstić information content (AvgIpc) is 2.19. The minimum Gasteiger partial charge on any atom is -0.451 e. The third-order valence-corrected chi connectivity index (χ3v) is 2.37. The van der Waals surface area contributed by atoms with Crippen molar-refractivity contribution in [3.8, 4) is 0 Å². The Morgan fingerprint density at radius 3 is 2.35 bits per heavy atom. The van der Waals surface area contributed by atoms with Gasteiger partial charge in [0.2, 0.25) is 5.78 Å². The predicted octanol–water partition coefficient (Wildman–Crippen LogP) is 2.66. The van der Waals surface area contributed by atoms with E-state index in [1.165, 1.54) is 39.0 Å². The van der Waals surface area contributed by atoms with Gasteiger partial charge in [-0.3, -0.25) is 9.59 Å². The van der Waals surface area contributed by atoms with Crippen LogP contribution in [0.2, 0.25) is 0 Å². The number of hydrogen-bond donors (Lipinski definition) is 0. The van der Waals surface area contributed by atoms with E-state index in [9.17, 15) is 14.0 Å². The summed E-state index contributed by atoms with van der Waals surface area (Å²) in [5.41, 5.74) is -0.527. The van der Waals surface area contributed by atoms with Crippen molar-refractivity contribution >= 4 is 11.8 Å². The summed E-state index contributed by atoms with van der Waals surface area (Å²) in [6.07, 6.45) is 0. The molecule has 0 bridgehead atoms. The molecule has 1 aromatic rings. The van der Waals surface area contributed by atoms with Gasteiger partial charge >= 0.3 is 5.97 Å². The van der Waals surface area contributed by atoms with Gasteiger partial charge in [-0.25, -0.2) is 4.39 Å². The van der Waals surface area contributed by atoms with Crippen molar-refractivity contribution in [2.24, 2.45) is 0 Å². The van der Waals surface area contributed by atoms with Gasteiger partial charge in [0.25, 0.3) is 0 Å². The van der Waals surface area contributed by atoms with Crippen LogP contribution in [-0.4, -0.2) is 17.4 Å². The summed E-state index contributed by atoms with van der Waals surface area (Å²) in [5, 5.41) is 0. The Morgan fingerprint density at radius 1 is 1.29 bits per heavy atom. The molecule has 0 unspecified atom stereocenters. The lowest BCUT2D eigenvalue weighted by Crippen LogP contribution is -2.36. The van der Waals surface area contributed by atoms with Crippen molar-refractivity contribution in [2.75, 3.05) is 0 Å². The summed E-state index contributed by atoms with van der Waals surface area (Å²) in [6, 6.07) is 4.06. The van der Waals surface area contributed by atoms with E-state index >= 15 is 0 Å². The summed E-state index contributed by atoms with van der Waals surface area (Å²) in [6.45, 7) is 5.83. The van der Waals surface area contributed by atoms with Crippen LogP contribution in [0.4, 0.5) is 4.39 Å². The van der Waals surface area contributed by atoms with Gasteiger partial charge in [-0.05, 0) is 44.5 Å². The highest BCUT2D eigenvalue weighted by atomic mass is 19.1. The summed E-state index contributed by atoms with van der Waals surface area (Å²) in [4.78, 5) is 22.9. The van der Waals surface area contributed by atoms with Crippen molar-refractivity contribution in [1.29, 1.82) is 0 Å². The molecule has 1 aromatic carbocycles. The van der Waals surface area contributed by atoms with E-state index in [2.05, 4.69) is 0 Å². The van der Waals surface area contributed by atoms with E-state index in [0.29, 0.717) is 11.1 Å². The van der Waals surface area contributed by atoms with Crippen LogP contribution in [0.15, 0.2) is 18.2 Å². The number of rotatable bonds is 3. The first kappa shape index (κ1) is 13.4. The molecule has 0 aliphatic carbocycles. The number of aryl methyl sites for hydroxylation is 1. The molecule has 0 spiro atoms. The Kier molecular flexibility index (Phi) is 3.66. The Hall–Kier alpha value is -1.71. The Labute approximate surface area is 99.6 Å². The van der Waals surface area contributed by atoms with Crippen LogP contribution in [-0.2, 0) is 9.53 Å². The summed E-state index contributed by atoms with van der Waals surface area (Å²) >= 11 is 0. The van der Waals surface area contributed by atoms with Crippen LogP contribution in [0, 0.1) is 12.7 Å². The SMILES string of the molecule is CC(=O)OC(C)(C)C(=O)c1ccc(F)c(C)c1. The third-order valence-electron chi connectivity index (χ3n) is 2.37. The topological polar surface area (TPSA) is 43.4 Å². The molecule has 17 heavy (non-hydrogen) atoms. The fourth-order valence-corrected chi connectivity index (χ4v) is 1.54. The highest BCUT2D eigenvalue weighted by molar-refractivity contribution is 6.03. The molecule has 3 nitrogen and oxygen atoms in total. The lowest BCUT2D eigenvalue weighted by molar-refractivity contribution is -0.149. The van der Waals surface area contributed by atoms with Gasteiger partial charge in [0.1, 0.15) is 5.82 Å². The maximum absolute atomic E-state index is 13.1. The van der Waals surface area contributed by atoms with E-state index in [1.54, 1.807) is 6.92 Å². The Morgan fingerprint density at radius 2 is 1.88 bits per heavy atom. The van der Waals surface area contributed by atoms with Crippen LogP contribution in [0.1, 0.15) is 36.7 Å². The smallest absolute Gasteiger partial charge is 0.303 e. The molecule has 0 aromatic heterocycles. The number of halogens is 1. The molecular formula is C13H15FO3. The van der Waals surface area contributed by atoms with Gasteiger partial charge in [-0.15, -0.1) is 0 Å². The van der Waals surface area contributed by atoms with E-state index in [0.717, 1.165) is 0 Å². The normalized spacial score (nSPS) is 11.1. The van der Waals surface area contributed by atoms with Crippen molar-refractivity contribution in [2.45, 2.75) is 33.3 Å². The Bertz CT molecular complexity index is 464. The molecule has 0 radical (unpaired) electrons. The summed E-state index contributed by atoms with van der Waals surface area (Å²) in [5.74, 6) is -1.25. The van der Waals surface area contributed by atoms with Gasteiger partial charge < -0.3 is 4.74 Å². The zero-order chi connectivity index (χ0) is 13.2. The van der Waals surface area contributed by atoms with E-state index in [-0.39, 0.29) is 11.6 Å². The quantitative estimate of drug-likeness (QED) is 0.600. The van der Waals surface area contributed by atoms with Crippen LogP contribution in [0.5, 0.6) is 0 Å². The monoisotopic (exact) mass is 238 g/mol. The second kappa shape index (κ2) is 4.65. The van der Waals surface area contributed by atoms with Crippen LogP contribution < -0.4 is 0 Å². The lowest BCUT2D eigenvalue weighted by atomic mass is 9.95. The molecule has 4 heteroatoms. The lowest BCUT2D eigenvalue weighted by Gasteiger charge is -2.23. The molecule has 0 heterocycles. The number of hydrogen-bond acceptors (Lipinski definition) is 3. The van der Waals surface area contributed by atoms with Crippen LogP contribution in [0.25, 0.3) is 0 Å².